The van der Waals surface area contributed by atoms with Crippen molar-refractivity contribution < 1.29 is 23.5 Å². The molecule has 2 aromatic carbocycles. The van der Waals surface area contributed by atoms with Gasteiger partial charge in [0.15, 0.2) is 0 Å². The molecule has 7 nitrogen and oxygen atoms in total. The third-order valence-corrected chi connectivity index (χ3v) is 4.87. The van der Waals surface area contributed by atoms with Gasteiger partial charge >= 0.3 is 6.03 Å². The number of benzene rings is 2. The number of methoxy groups -OCH3 is 2. The van der Waals surface area contributed by atoms with E-state index in [1.54, 1.807) is 42.5 Å². The maximum absolute atomic E-state index is 13.0. The molecule has 0 saturated carbocycles. The number of nitrogens with zero attached hydrogens (tertiary/aromatic N) is 1. The van der Waals surface area contributed by atoms with Crippen LogP contribution in [-0.2, 0) is 0 Å². The van der Waals surface area contributed by atoms with Gasteiger partial charge in [-0.3, -0.25) is 10.1 Å². The monoisotopic (exact) mass is 427 g/mol. The summed E-state index contributed by atoms with van der Waals surface area (Å²) < 4.78 is 23.3. The average molecular weight is 427 g/mol. The Morgan fingerprint density at radius 1 is 0.967 bits per heavy atom. The molecule has 3 amide bonds. The molecule has 9 heteroatoms. The zero-order chi connectivity index (χ0) is 21.5. The van der Waals surface area contributed by atoms with Crippen LogP contribution >= 0.6 is 11.8 Å². The molecule has 0 unspecified atom stereocenters. The summed E-state index contributed by atoms with van der Waals surface area (Å²) in [5, 5.41) is 5.45. The summed E-state index contributed by atoms with van der Waals surface area (Å²) in [4.78, 5) is 29.8. The second-order valence-electron chi connectivity index (χ2n) is 5.89. The molecule has 0 aliphatic heterocycles. The topological polar surface area (TPSA) is 89.5 Å². The molecule has 0 radical (unpaired) electrons. The molecule has 3 aromatic rings. The molecule has 0 fully saturated rings. The summed E-state index contributed by atoms with van der Waals surface area (Å²) in [5.74, 6) is -0.414. The molecular weight excluding hydrogens is 409 g/mol. The summed E-state index contributed by atoms with van der Waals surface area (Å²) in [5.41, 5.74) is 0.512. The van der Waals surface area contributed by atoms with Crippen molar-refractivity contribution in [3.63, 3.8) is 0 Å². The zero-order valence-corrected chi connectivity index (χ0v) is 17.0. The maximum Gasteiger partial charge on any atom is 0.326 e. The molecule has 154 valence electrons. The van der Waals surface area contributed by atoms with Crippen LogP contribution in [0.25, 0.3) is 0 Å². The van der Waals surface area contributed by atoms with Crippen molar-refractivity contribution in [1.29, 1.82) is 0 Å². The number of hydrogen-bond acceptors (Lipinski definition) is 6. The lowest BCUT2D eigenvalue weighted by atomic mass is 10.1. The molecule has 30 heavy (non-hydrogen) atoms. The van der Waals surface area contributed by atoms with Crippen LogP contribution in [0.4, 0.5) is 14.9 Å². The molecule has 0 aliphatic carbocycles. The Balaban J connectivity index is 1.62. The van der Waals surface area contributed by atoms with E-state index in [9.17, 15) is 14.0 Å². The first-order chi connectivity index (χ1) is 14.5. The maximum atomic E-state index is 13.0. The van der Waals surface area contributed by atoms with E-state index in [-0.39, 0.29) is 22.9 Å². The number of nitrogens with one attached hydrogen (secondary N) is 2. The fourth-order valence-electron chi connectivity index (χ4n) is 2.54. The van der Waals surface area contributed by atoms with Crippen LogP contribution in [0, 0.1) is 5.82 Å². The number of imide groups is 1. The van der Waals surface area contributed by atoms with Crippen LogP contribution in [0.3, 0.4) is 0 Å². The highest BCUT2D eigenvalue weighted by Gasteiger charge is 2.20. The van der Waals surface area contributed by atoms with Crippen molar-refractivity contribution in [1.82, 2.24) is 10.3 Å². The third kappa shape index (κ3) is 5.26. The largest absolute Gasteiger partial charge is 0.496 e. The van der Waals surface area contributed by atoms with E-state index in [1.165, 1.54) is 44.3 Å². The standard InChI is InChI=1S/C21H18FN3O4S/c1-28-16-4-3-5-17(29-2)19(16)20(26)25-21(27)24-14-8-11-18(23-12-14)30-15-9-6-13(22)7-10-15/h3-12H,1-2H3,(H2,24,25,26,27). The zero-order valence-electron chi connectivity index (χ0n) is 16.1. The van der Waals surface area contributed by atoms with E-state index >= 15 is 0 Å². The smallest absolute Gasteiger partial charge is 0.326 e. The second kappa shape index (κ2) is 9.75. The van der Waals surface area contributed by atoms with Crippen LogP contribution in [0.1, 0.15) is 10.4 Å². The van der Waals surface area contributed by atoms with Gasteiger partial charge in [-0.25, -0.2) is 14.2 Å². The number of anilines is 1. The molecule has 0 bridgehead atoms. The second-order valence-corrected chi connectivity index (χ2v) is 6.98. The highest BCUT2D eigenvalue weighted by Crippen LogP contribution is 2.28. The first-order valence-corrected chi connectivity index (χ1v) is 9.54. The Labute approximate surface area is 176 Å². The van der Waals surface area contributed by atoms with Crippen molar-refractivity contribution >= 4 is 29.4 Å². The van der Waals surface area contributed by atoms with Crippen molar-refractivity contribution in [3.05, 3.63) is 72.2 Å². The molecule has 1 heterocycles. The number of pyridine rings is 1. The van der Waals surface area contributed by atoms with Crippen LogP contribution in [0.5, 0.6) is 11.5 Å². The highest BCUT2D eigenvalue weighted by molar-refractivity contribution is 7.99. The highest BCUT2D eigenvalue weighted by atomic mass is 32.2. The van der Waals surface area contributed by atoms with Crippen molar-refractivity contribution in [2.75, 3.05) is 19.5 Å². The minimum Gasteiger partial charge on any atom is -0.496 e. The van der Waals surface area contributed by atoms with Crippen molar-refractivity contribution in [2.45, 2.75) is 9.92 Å². The van der Waals surface area contributed by atoms with Gasteiger partial charge in [0.05, 0.1) is 26.1 Å². The van der Waals surface area contributed by atoms with E-state index in [1.807, 2.05) is 0 Å². The SMILES string of the molecule is COc1cccc(OC)c1C(=O)NC(=O)Nc1ccc(Sc2ccc(F)cc2)nc1. The van der Waals surface area contributed by atoms with Crippen LogP contribution in [-0.4, -0.2) is 31.1 Å². The number of rotatable bonds is 6. The van der Waals surface area contributed by atoms with E-state index in [0.29, 0.717) is 10.7 Å². The van der Waals surface area contributed by atoms with Gasteiger partial charge in [-0.1, -0.05) is 17.8 Å². The van der Waals surface area contributed by atoms with Gasteiger partial charge in [-0.15, -0.1) is 0 Å². The molecule has 2 N–H and O–H groups in total. The Bertz CT molecular complexity index is 1020. The molecule has 0 atom stereocenters. The van der Waals surface area contributed by atoms with Gasteiger partial charge in [-0.2, -0.15) is 0 Å². The Kier molecular flexibility index (Phi) is 6.87. The average Bonchev–Trinajstić information content (AvgIpc) is 2.75. The van der Waals surface area contributed by atoms with Gasteiger partial charge < -0.3 is 14.8 Å². The number of amides is 3. The molecule has 0 spiro atoms. The predicted molar refractivity (Wildman–Crippen MR) is 111 cm³/mol. The van der Waals surface area contributed by atoms with Gasteiger partial charge in [0.1, 0.15) is 27.9 Å². The van der Waals surface area contributed by atoms with Gasteiger partial charge in [0.2, 0.25) is 0 Å². The summed E-state index contributed by atoms with van der Waals surface area (Å²) in [6.07, 6.45) is 1.46. The lowest BCUT2D eigenvalue weighted by Gasteiger charge is -2.13. The Morgan fingerprint density at radius 2 is 1.63 bits per heavy atom. The van der Waals surface area contributed by atoms with E-state index in [0.717, 1.165) is 4.90 Å². The van der Waals surface area contributed by atoms with E-state index in [2.05, 4.69) is 15.6 Å². The van der Waals surface area contributed by atoms with E-state index < -0.39 is 11.9 Å². The first kappa shape index (κ1) is 21.1. The number of carbonyl (C=O) groups is 2. The van der Waals surface area contributed by atoms with Crippen molar-refractivity contribution in [3.8, 4) is 11.5 Å². The normalized spacial score (nSPS) is 10.2. The third-order valence-electron chi connectivity index (χ3n) is 3.91. The molecule has 3 rings (SSSR count). The number of halogens is 1. The Morgan fingerprint density at radius 3 is 2.20 bits per heavy atom. The van der Waals surface area contributed by atoms with Crippen LogP contribution in [0.15, 0.2) is 70.7 Å². The molecule has 0 saturated heterocycles. The minimum absolute atomic E-state index is 0.113. The lowest BCUT2D eigenvalue weighted by molar-refractivity contribution is 0.0961. The number of ether oxygens (including phenoxy) is 2. The molecule has 1 aromatic heterocycles. The lowest BCUT2D eigenvalue weighted by Crippen LogP contribution is -2.34. The van der Waals surface area contributed by atoms with Gasteiger partial charge in [-0.05, 0) is 48.5 Å². The van der Waals surface area contributed by atoms with Crippen LogP contribution < -0.4 is 20.1 Å². The van der Waals surface area contributed by atoms with Crippen LogP contribution in [0.2, 0.25) is 0 Å². The number of aromatic nitrogens is 1. The van der Waals surface area contributed by atoms with E-state index in [4.69, 9.17) is 9.47 Å². The van der Waals surface area contributed by atoms with Gasteiger partial charge in [0.25, 0.3) is 5.91 Å². The fourth-order valence-corrected chi connectivity index (χ4v) is 3.30. The minimum atomic E-state index is -0.728. The summed E-state index contributed by atoms with van der Waals surface area (Å²) >= 11 is 1.35. The summed E-state index contributed by atoms with van der Waals surface area (Å²) in [6.45, 7) is 0. The van der Waals surface area contributed by atoms with Gasteiger partial charge in [0, 0.05) is 4.90 Å². The number of hydrogen-bond donors (Lipinski definition) is 2. The first-order valence-electron chi connectivity index (χ1n) is 8.73. The predicted octanol–water partition coefficient (Wildman–Crippen LogP) is 4.35. The quantitative estimate of drug-likeness (QED) is 0.608. The summed E-state index contributed by atoms with van der Waals surface area (Å²) in [6, 6.07) is 13.5. The Hall–Kier alpha value is -3.59. The fraction of sp³-hybridized carbons (Fsp3) is 0.0952. The molecule has 0 aliphatic rings. The van der Waals surface area contributed by atoms with Crippen molar-refractivity contribution in [2.24, 2.45) is 0 Å². The molecular formula is C21H18FN3O4S. The summed E-state index contributed by atoms with van der Waals surface area (Å²) in [7, 11) is 2.84. The number of urea groups is 1. The number of carbonyl (C=O) groups excluding carboxylic acids is 2.